The molecule has 2 aromatic rings. The minimum Gasteiger partial charge on any atom is -0.487 e. The SMILES string of the molecule is NNc1snnc1COc1ccc(OC(F)(F)F)cc1. The molecule has 0 bridgehead atoms. The molecule has 0 spiro atoms. The molecule has 0 aliphatic heterocycles. The Hall–Kier alpha value is -2.07. The van der Waals surface area contributed by atoms with Crippen molar-refractivity contribution >= 4 is 16.5 Å². The molecule has 0 saturated carbocycles. The van der Waals surface area contributed by atoms with Gasteiger partial charge in [0.25, 0.3) is 0 Å². The van der Waals surface area contributed by atoms with Gasteiger partial charge in [-0.2, -0.15) is 0 Å². The van der Waals surface area contributed by atoms with Crippen LogP contribution in [0.5, 0.6) is 11.5 Å². The van der Waals surface area contributed by atoms with Crippen LogP contribution in [0, 0.1) is 0 Å². The number of ether oxygens (including phenoxy) is 2. The van der Waals surface area contributed by atoms with E-state index in [1.54, 1.807) is 0 Å². The van der Waals surface area contributed by atoms with E-state index in [1.165, 1.54) is 12.1 Å². The van der Waals surface area contributed by atoms with Crippen LogP contribution in [0.25, 0.3) is 0 Å². The zero-order valence-corrected chi connectivity index (χ0v) is 10.7. The molecule has 0 amide bonds. The second kappa shape index (κ2) is 5.92. The van der Waals surface area contributed by atoms with Gasteiger partial charge in [0.1, 0.15) is 23.8 Å². The van der Waals surface area contributed by atoms with Crippen molar-refractivity contribution in [3.8, 4) is 11.5 Å². The Morgan fingerprint density at radius 2 is 1.85 bits per heavy atom. The smallest absolute Gasteiger partial charge is 0.487 e. The zero-order chi connectivity index (χ0) is 14.6. The largest absolute Gasteiger partial charge is 0.573 e. The topological polar surface area (TPSA) is 82.3 Å². The fourth-order valence-corrected chi connectivity index (χ4v) is 1.78. The number of aromatic nitrogens is 2. The number of benzene rings is 1. The maximum Gasteiger partial charge on any atom is 0.573 e. The summed E-state index contributed by atoms with van der Waals surface area (Å²) >= 11 is 1.07. The number of hydrogen-bond donors (Lipinski definition) is 2. The third kappa shape index (κ3) is 3.96. The minimum absolute atomic E-state index is 0.0928. The van der Waals surface area contributed by atoms with Crippen LogP contribution in [-0.4, -0.2) is 15.9 Å². The van der Waals surface area contributed by atoms with Gasteiger partial charge < -0.3 is 14.9 Å². The molecule has 0 atom stereocenters. The fraction of sp³-hybridized carbons (Fsp3) is 0.200. The summed E-state index contributed by atoms with van der Waals surface area (Å²) in [5, 5.41) is 4.35. The summed E-state index contributed by atoms with van der Waals surface area (Å²) in [7, 11) is 0. The molecule has 0 unspecified atom stereocenters. The van der Waals surface area contributed by atoms with Gasteiger partial charge in [0.2, 0.25) is 0 Å². The summed E-state index contributed by atoms with van der Waals surface area (Å²) in [6, 6.07) is 5.03. The van der Waals surface area contributed by atoms with Crippen molar-refractivity contribution in [3.63, 3.8) is 0 Å². The first-order chi connectivity index (χ1) is 9.48. The van der Waals surface area contributed by atoms with Crippen LogP contribution in [0.3, 0.4) is 0 Å². The number of rotatable bonds is 5. The van der Waals surface area contributed by atoms with Crippen LogP contribution in [0.2, 0.25) is 0 Å². The van der Waals surface area contributed by atoms with Gasteiger partial charge in [-0.1, -0.05) is 4.49 Å². The normalized spacial score (nSPS) is 11.2. The van der Waals surface area contributed by atoms with Gasteiger partial charge in [-0.25, -0.2) is 5.84 Å². The molecule has 10 heteroatoms. The highest BCUT2D eigenvalue weighted by atomic mass is 32.1. The van der Waals surface area contributed by atoms with Gasteiger partial charge in [-0.15, -0.1) is 18.3 Å². The molecule has 1 aromatic heterocycles. The first-order valence-electron chi connectivity index (χ1n) is 5.24. The molecular weight excluding hydrogens is 297 g/mol. The van der Waals surface area contributed by atoms with Gasteiger partial charge >= 0.3 is 6.36 Å². The predicted molar refractivity (Wildman–Crippen MR) is 65.2 cm³/mol. The van der Waals surface area contributed by atoms with Crippen LogP contribution in [0.1, 0.15) is 5.69 Å². The van der Waals surface area contributed by atoms with E-state index >= 15 is 0 Å². The second-order valence-corrected chi connectivity index (χ2v) is 4.26. The first-order valence-corrected chi connectivity index (χ1v) is 6.02. The lowest BCUT2D eigenvalue weighted by Gasteiger charge is -2.09. The third-order valence-corrected chi connectivity index (χ3v) is 2.82. The van der Waals surface area contributed by atoms with Crippen LogP contribution in [-0.2, 0) is 6.61 Å². The van der Waals surface area contributed by atoms with E-state index in [0.29, 0.717) is 16.4 Å². The van der Waals surface area contributed by atoms with Crippen molar-refractivity contribution in [3.05, 3.63) is 30.0 Å². The Kier molecular flexibility index (Phi) is 4.25. The van der Waals surface area contributed by atoms with Gasteiger partial charge in [0.05, 0.1) is 0 Å². The van der Waals surface area contributed by atoms with E-state index in [2.05, 4.69) is 19.7 Å². The Morgan fingerprint density at radius 3 is 2.45 bits per heavy atom. The van der Waals surface area contributed by atoms with Crippen LogP contribution in [0.15, 0.2) is 24.3 Å². The molecule has 108 valence electrons. The average Bonchev–Trinajstić information content (AvgIpc) is 2.83. The molecule has 1 aromatic carbocycles. The molecule has 0 aliphatic carbocycles. The minimum atomic E-state index is -4.71. The van der Waals surface area contributed by atoms with E-state index in [9.17, 15) is 13.2 Å². The lowest BCUT2D eigenvalue weighted by molar-refractivity contribution is -0.274. The zero-order valence-electron chi connectivity index (χ0n) is 9.85. The number of hydrogen-bond acceptors (Lipinski definition) is 7. The molecular formula is C10H9F3N4O2S. The molecule has 20 heavy (non-hydrogen) atoms. The Bertz CT molecular complexity index is 558. The lowest BCUT2D eigenvalue weighted by Crippen LogP contribution is -2.16. The highest BCUT2D eigenvalue weighted by Gasteiger charge is 2.30. The number of halogens is 3. The number of anilines is 1. The molecule has 6 nitrogen and oxygen atoms in total. The lowest BCUT2D eigenvalue weighted by atomic mass is 10.3. The second-order valence-electron chi connectivity index (χ2n) is 3.50. The Balaban J connectivity index is 1.94. The summed E-state index contributed by atoms with van der Waals surface area (Å²) in [5.74, 6) is 5.30. The van der Waals surface area contributed by atoms with Gasteiger partial charge in [0, 0.05) is 11.5 Å². The Morgan fingerprint density at radius 1 is 1.20 bits per heavy atom. The summed E-state index contributed by atoms with van der Waals surface area (Å²) in [6.07, 6.45) is -4.71. The number of hydrazine groups is 1. The van der Waals surface area contributed by atoms with Crippen molar-refractivity contribution in [1.82, 2.24) is 9.59 Å². The maximum absolute atomic E-state index is 12.0. The summed E-state index contributed by atoms with van der Waals surface area (Å²) in [5.41, 5.74) is 2.92. The van der Waals surface area contributed by atoms with Crippen molar-refractivity contribution < 1.29 is 22.6 Å². The number of nitrogen functional groups attached to an aromatic ring is 1. The highest BCUT2D eigenvalue weighted by molar-refractivity contribution is 7.10. The van der Waals surface area contributed by atoms with Crippen LogP contribution < -0.4 is 20.7 Å². The number of alkyl halides is 3. The van der Waals surface area contributed by atoms with E-state index in [0.717, 1.165) is 23.7 Å². The van der Waals surface area contributed by atoms with Gasteiger partial charge in [-0.3, -0.25) is 0 Å². The first kappa shape index (κ1) is 14.3. The van der Waals surface area contributed by atoms with Gasteiger partial charge in [0.15, 0.2) is 5.00 Å². The fourth-order valence-electron chi connectivity index (χ4n) is 1.30. The Labute approximate surface area is 115 Å². The predicted octanol–water partition coefficient (Wildman–Crippen LogP) is 2.30. The third-order valence-electron chi connectivity index (χ3n) is 2.12. The molecule has 0 fully saturated rings. The van der Waals surface area contributed by atoms with Crippen molar-refractivity contribution in [2.75, 3.05) is 5.43 Å². The quantitative estimate of drug-likeness (QED) is 0.651. The summed E-state index contributed by atoms with van der Waals surface area (Å²) in [4.78, 5) is 0. The van der Waals surface area contributed by atoms with Crippen LogP contribution in [0.4, 0.5) is 18.2 Å². The monoisotopic (exact) mass is 306 g/mol. The number of nitrogens with one attached hydrogen (secondary N) is 1. The standard InChI is InChI=1S/C10H9F3N4O2S/c11-10(12,13)19-7-3-1-6(2-4-7)18-5-8-9(15-14)20-17-16-8/h1-4,15H,5,14H2. The maximum atomic E-state index is 12.0. The molecule has 3 N–H and O–H groups in total. The van der Waals surface area contributed by atoms with E-state index in [1.807, 2.05) is 0 Å². The summed E-state index contributed by atoms with van der Waals surface area (Å²) in [6.45, 7) is 0.0928. The van der Waals surface area contributed by atoms with E-state index < -0.39 is 6.36 Å². The number of nitrogens with two attached hydrogens (primary N) is 1. The average molecular weight is 306 g/mol. The highest BCUT2D eigenvalue weighted by Crippen LogP contribution is 2.25. The van der Waals surface area contributed by atoms with Crippen molar-refractivity contribution in [2.45, 2.75) is 13.0 Å². The molecule has 2 rings (SSSR count). The molecule has 0 saturated heterocycles. The van der Waals surface area contributed by atoms with E-state index in [-0.39, 0.29) is 12.4 Å². The van der Waals surface area contributed by atoms with Crippen molar-refractivity contribution in [1.29, 1.82) is 0 Å². The molecule has 0 aliphatic rings. The van der Waals surface area contributed by atoms with E-state index in [4.69, 9.17) is 10.6 Å². The number of nitrogens with zero attached hydrogens (tertiary/aromatic N) is 2. The summed E-state index contributed by atoms with van der Waals surface area (Å²) < 4.78 is 48.7. The molecule has 0 radical (unpaired) electrons. The van der Waals surface area contributed by atoms with Crippen molar-refractivity contribution in [2.24, 2.45) is 5.84 Å². The van der Waals surface area contributed by atoms with Gasteiger partial charge in [-0.05, 0) is 24.3 Å². The van der Waals surface area contributed by atoms with Crippen LogP contribution >= 0.6 is 11.5 Å². The molecule has 1 heterocycles.